The van der Waals surface area contributed by atoms with Crippen LogP contribution in [0, 0.1) is 0 Å². The molecule has 0 amide bonds. The fourth-order valence-corrected chi connectivity index (χ4v) is 3.72. The lowest BCUT2D eigenvalue weighted by Crippen LogP contribution is -2.53. The Morgan fingerprint density at radius 2 is 2.12 bits per heavy atom. The topological polar surface area (TPSA) is 72.9 Å². The van der Waals surface area contributed by atoms with Crippen molar-refractivity contribution in [3.8, 4) is 0 Å². The van der Waals surface area contributed by atoms with E-state index in [1.807, 2.05) is 0 Å². The van der Waals surface area contributed by atoms with E-state index in [-0.39, 0.29) is 18.4 Å². The molecule has 1 aliphatic heterocycles. The molecule has 2 fully saturated rings. The van der Waals surface area contributed by atoms with Crippen LogP contribution in [0.1, 0.15) is 12.8 Å². The zero-order valence-electron chi connectivity index (χ0n) is 9.09. The number of carbonyl (C=O) groups excluding carboxylic acids is 1. The minimum atomic E-state index is -3.34. The van der Waals surface area contributed by atoms with Crippen molar-refractivity contribution in [3.05, 3.63) is 0 Å². The van der Waals surface area contributed by atoms with E-state index < -0.39 is 22.0 Å². The van der Waals surface area contributed by atoms with Crippen LogP contribution in [0.2, 0.25) is 0 Å². The highest BCUT2D eigenvalue weighted by Gasteiger charge is 2.46. The Morgan fingerprint density at radius 3 is 2.69 bits per heavy atom. The van der Waals surface area contributed by atoms with Crippen molar-refractivity contribution >= 4 is 16.0 Å². The van der Waals surface area contributed by atoms with Crippen LogP contribution in [0.25, 0.3) is 0 Å². The molecule has 1 saturated carbocycles. The van der Waals surface area contributed by atoms with Gasteiger partial charge in [0, 0.05) is 6.54 Å². The third-order valence-electron chi connectivity index (χ3n) is 2.83. The lowest BCUT2D eigenvalue weighted by atomic mass is 10.3. The molecule has 7 heteroatoms. The molecule has 1 saturated heterocycles. The minimum absolute atomic E-state index is 0.0820. The molecule has 16 heavy (non-hydrogen) atoms. The Hall–Kier alpha value is -0.660. The number of carbonyl (C=O) groups is 1. The van der Waals surface area contributed by atoms with Crippen molar-refractivity contribution in [2.75, 3.05) is 26.9 Å². The van der Waals surface area contributed by atoms with Gasteiger partial charge in [0.15, 0.2) is 0 Å². The van der Waals surface area contributed by atoms with Crippen LogP contribution in [0.3, 0.4) is 0 Å². The number of esters is 1. The average Bonchev–Trinajstić information content (AvgIpc) is 3.12. The Kier molecular flexibility index (Phi) is 3.18. The number of ether oxygens (including phenoxy) is 2. The molecule has 0 bridgehead atoms. The molecule has 0 spiro atoms. The fraction of sp³-hybridized carbons (Fsp3) is 0.889. The van der Waals surface area contributed by atoms with Crippen molar-refractivity contribution in [2.24, 2.45) is 0 Å². The van der Waals surface area contributed by atoms with E-state index in [9.17, 15) is 13.2 Å². The van der Waals surface area contributed by atoms with E-state index in [1.165, 1.54) is 11.4 Å². The fourth-order valence-electron chi connectivity index (χ4n) is 1.77. The van der Waals surface area contributed by atoms with Crippen LogP contribution in [0.5, 0.6) is 0 Å². The molecule has 2 aliphatic rings. The second-order valence-corrected chi connectivity index (χ2v) is 6.13. The van der Waals surface area contributed by atoms with Crippen molar-refractivity contribution in [2.45, 2.75) is 24.1 Å². The van der Waals surface area contributed by atoms with Gasteiger partial charge in [-0.3, -0.25) is 4.79 Å². The maximum atomic E-state index is 12.0. The smallest absolute Gasteiger partial charge is 0.326 e. The van der Waals surface area contributed by atoms with Gasteiger partial charge in [0.1, 0.15) is 6.04 Å². The zero-order chi connectivity index (χ0) is 11.8. The highest BCUT2D eigenvalue weighted by atomic mass is 32.2. The maximum absolute atomic E-state index is 12.0. The second-order valence-electron chi connectivity index (χ2n) is 3.97. The Morgan fingerprint density at radius 1 is 1.44 bits per heavy atom. The molecule has 1 atom stereocenters. The van der Waals surface area contributed by atoms with Gasteiger partial charge >= 0.3 is 5.97 Å². The zero-order valence-corrected chi connectivity index (χ0v) is 9.90. The van der Waals surface area contributed by atoms with E-state index in [0.29, 0.717) is 19.4 Å². The Bertz CT molecular complexity index is 375. The monoisotopic (exact) mass is 249 g/mol. The maximum Gasteiger partial charge on any atom is 0.326 e. The number of hydrogen-bond acceptors (Lipinski definition) is 5. The van der Waals surface area contributed by atoms with E-state index in [0.717, 1.165) is 0 Å². The molecule has 6 nitrogen and oxygen atoms in total. The van der Waals surface area contributed by atoms with Crippen molar-refractivity contribution in [1.82, 2.24) is 4.31 Å². The van der Waals surface area contributed by atoms with E-state index in [2.05, 4.69) is 4.74 Å². The first-order valence-corrected chi connectivity index (χ1v) is 6.74. The third kappa shape index (κ3) is 2.07. The van der Waals surface area contributed by atoms with Crippen LogP contribution < -0.4 is 0 Å². The molecular weight excluding hydrogens is 234 g/mol. The average molecular weight is 249 g/mol. The van der Waals surface area contributed by atoms with Crippen molar-refractivity contribution < 1.29 is 22.7 Å². The quantitative estimate of drug-likeness (QED) is 0.622. The first kappa shape index (κ1) is 11.8. The van der Waals surface area contributed by atoms with Gasteiger partial charge in [-0.1, -0.05) is 0 Å². The summed E-state index contributed by atoms with van der Waals surface area (Å²) >= 11 is 0. The number of morpholine rings is 1. The molecule has 2 rings (SSSR count). The summed E-state index contributed by atoms with van der Waals surface area (Å²) in [7, 11) is -2.09. The standard InChI is InChI=1S/C9H15NO5S/c1-14-9(11)8-6-15-5-4-10(8)16(12,13)7-2-3-7/h7-8H,2-6H2,1H3. The molecule has 0 aromatic carbocycles. The molecular formula is C9H15NO5S. The molecule has 1 aliphatic carbocycles. The van der Waals surface area contributed by atoms with Crippen molar-refractivity contribution in [1.29, 1.82) is 0 Å². The van der Waals surface area contributed by atoms with Crippen LogP contribution >= 0.6 is 0 Å². The van der Waals surface area contributed by atoms with E-state index in [4.69, 9.17) is 4.74 Å². The van der Waals surface area contributed by atoms with Gasteiger partial charge < -0.3 is 9.47 Å². The number of nitrogens with zero attached hydrogens (tertiary/aromatic N) is 1. The number of methoxy groups -OCH3 is 1. The highest BCUT2D eigenvalue weighted by Crippen LogP contribution is 2.32. The largest absolute Gasteiger partial charge is 0.468 e. The summed E-state index contributed by atoms with van der Waals surface area (Å²) < 4.78 is 35.0. The first-order valence-electron chi connectivity index (χ1n) is 5.23. The van der Waals surface area contributed by atoms with Crippen LogP contribution in [-0.4, -0.2) is 56.9 Å². The number of hydrogen-bond donors (Lipinski definition) is 0. The second kappa shape index (κ2) is 4.31. The van der Waals surface area contributed by atoms with E-state index >= 15 is 0 Å². The summed E-state index contributed by atoms with van der Waals surface area (Å²) in [4.78, 5) is 11.5. The number of rotatable bonds is 3. The van der Waals surface area contributed by atoms with Gasteiger partial charge in [-0.25, -0.2) is 8.42 Å². The summed E-state index contributed by atoms with van der Waals surface area (Å²) in [6, 6.07) is -0.815. The van der Waals surface area contributed by atoms with Gasteiger partial charge in [0.05, 0.1) is 25.6 Å². The molecule has 1 heterocycles. The van der Waals surface area contributed by atoms with Crippen molar-refractivity contribution in [3.63, 3.8) is 0 Å². The van der Waals surface area contributed by atoms with Crippen LogP contribution in [0.4, 0.5) is 0 Å². The lowest BCUT2D eigenvalue weighted by molar-refractivity contribution is -0.149. The first-order chi connectivity index (χ1) is 7.57. The van der Waals surface area contributed by atoms with Gasteiger partial charge in [-0.05, 0) is 12.8 Å². The van der Waals surface area contributed by atoms with E-state index in [1.54, 1.807) is 0 Å². The van der Waals surface area contributed by atoms with Crippen LogP contribution in [-0.2, 0) is 24.3 Å². The molecule has 1 unspecified atom stereocenters. The highest BCUT2D eigenvalue weighted by molar-refractivity contribution is 7.90. The Labute approximate surface area is 94.6 Å². The van der Waals surface area contributed by atoms with Gasteiger partial charge in [-0.15, -0.1) is 0 Å². The SMILES string of the molecule is COC(=O)C1COCCN1S(=O)(=O)C1CC1. The molecule has 0 aromatic rings. The molecule has 0 N–H and O–H groups in total. The lowest BCUT2D eigenvalue weighted by Gasteiger charge is -2.32. The summed E-state index contributed by atoms with van der Waals surface area (Å²) in [6.07, 6.45) is 1.38. The van der Waals surface area contributed by atoms with Gasteiger partial charge in [0.25, 0.3) is 0 Å². The van der Waals surface area contributed by atoms with Crippen LogP contribution in [0.15, 0.2) is 0 Å². The van der Waals surface area contributed by atoms with Gasteiger partial charge in [0.2, 0.25) is 10.0 Å². The normalized spacial score (nSPS) is 27.7. The molecule has 92 valence electrons. The summed E-state index contributed by atoms with van der Waals surface area (Å²) in [5, 5.41) is -0.308. The predicted octanol–water partition coefficient (Wildman–Crippen LogP) is -0.648. The summed E-state index contributed by atoms with van der Waals surface area (Å²) in [5.41, 5.74) is 0. The summed E-state index contributed by atoms with van der Waals surface area (Å²) in [6.45, 7) is 0.649. The summed E-state index contributed by atoms with van der Waals surface area (Å²) in [5.74, 6) is -0.552. The predicted molar refractivity (Wildman–Crippen MR) is 55.3 cm³/mol. The molecule has 0 aromatic heterocycles. The number of sulfonamides is 1. The molecule has 0 radical (unpaired) electrons. The minimum Gasteiger partial charge on any atom is -0.468 e. The third-order valence-corrected chi connectivity index (χ3v) is 5.23. The van der Waals surface area contributed by atoms with Gasteiger partial charge in [-0.2, -0.15) is 4.31 Å². The Balaban J connectivity index is 2.19.